The molecule has 0 aromatic rings. The van der Waals surface area contributed by atoms with Crippen molar-refractivity contribution in [3.63, 3.8) is 0 Å². The lowest BCUT2D eigenvalue weighted by molar-refractivity contribution is -0.118. The molecule has 3 N–H and O–H groups in total. The molecule has 74 valence electrons. The van der Waals surface area contributed by atoms with E-state index < -0.39 is 5.91 Å². The van der Waals surface area contributed by atoms with Crippen LogP contribution in [-0.4, -0.2) is 18.4 Å². The van der Waals surface area contributed by atoms with E-state index in [0.29, 0.717) is 12.1 Å². The second-order valence-corrected chi connectivity index (χ2v) is 2.84. The van der Waals surface area contributed by atoms with E-state index in [1.165, 1.54) is 0 Å². The number of hydrogen-bond acceptors (Lipinski definition) is 2. The standard InChI is InChI=1S/C9H16N2O2/c1-3-4-5-11-9(13)7(2)6-8(10)12/h6H,3-5H2,1-2H3,(H2,10,12)(H,11,13)/b7-6-. The molecule has 0 fully saturated rings. The van der Waals surface area contributed by atoms with Gasteiger partial charge in [-0.1, -0.05) is 13.3 Å². The summed E-state index contributed by atoms with van der Waals surface area (Å²) >= 11 is 0. The first-order valence-corrected chi connectivity index (χ1v) is 4.33. The van der Waals surface area contributed by atoms with E-state index in [4.69, 9.17) is 5.73 Å². The molecule has 0 atom stereocenters. The van der Waals surface area contributed by atoms with E-state index in [1.54, 1.807) is 6.92 Å². The fraction of sp³-hybridized carbons (Fsp3) is 0.556. The van der Waals surface area contributed by atoms with E-state index in [2.05, 4.69) is 5.32 Å². The maximum atomic E-state index is 11.2. The molecule has 0 radical (unpaired) electrons. The van der Waals surface area contributed by atoms with Gasteiger partial charge in [0.25, 0.3) is 0 Å². The minimum atomic E-state index is -0.594. The highest BCUT2D eigenvalue weighted by Crippen LogP contribution is 1.92. The van der Waals surface area contributed by atoms with Gasteiger partial charge in [-0.25, -0.2) is 0 Å². The van der Waals surface area contributed by atoms with Crippen LogP contribution in [0.25, 0.3) is 0 Å². The minimum Gasteiger partial charge on any atom is -0.366 e. The van der Waals surface area contributed by atoms with E-state index in [-0.39, 0.29) is 5.91 Å². The van der Waals surface area contributed by atoms with Crippen LogP contribution in [0.2, 0.25) is 0 Å². The normalized spacial score (nSPS) is 11.1. The van der Waals surface area contributed by atoms with Crippen molar-refractivity contribution < 1.29 is 9.59 Å². The van der Waals surface area contributed by atoms with Crippen molar-refractivity contribution >= 4 is 11.8 Å². The average molecular weight is 184 g/mol. The average Bonchev–Trinajstić information content (AvgIpc) is 2.03. The molecule has 0 rings (SSSR count). The minimum absolute atomic E-state index is 0.229. The summed E-state index contributed by atoms with van der Waals surface area (Å²) in [5.74, 6) is -0.824. The summed E-state index contributed by atoms with van der Waals surface area (Å²) in [6.07, 6.45) is 3.09. The third-order valence-electron chi connectivity index (χ3n) is 1.53. The Balaban J connectivity index is 3.90. The summed E-state index contributed by atoms with van der Waals surface area (Å²) in [6.45, 7) is 4.24. The number of carbonyl (C=O) groups excluding carboxylic acids is 2. The quantitative estimate of drug-likeness (QED) is 0.477. The maximum absolute atomic E-state index is 11.2. The van der Waals surface area contributed by atoms with Crippen molar-refractivity contribution in [1.82, 2.24) is 5.32 Å². The Morgan fingerprint density at radius 1 is 1.46 bits per heavy atom. The van der Waals surface area contributed by atoms with Crippen LogP contribution < -0.4 is 11.1 Å². The molecule has 0 saturated heterocycles. The van der Waals surface area contributed by atoms with Crippen LogP contribution in [0.4, 0.5) is 0 Å². The van der Waals surface area contributed by atoms with Crippen molar-refractivity contribution in [3.8, 4) is 0 Å². The Kier molecular flexibility index (Phi) is 5.59. The van der Waals surface area contributed by atoms with Gasteiger partial charge in [0.2, 0.25) is 11.8 Å². The lowest BCUT2D eigenvalue weighted by Gasteiger charge is -2.02. The predicted octanol–water partition coefficient (Wildman–Crippen LogP) is 0.334. The number of unbranched alkanes of at least 4 members (excludes halogenated alkanes) is 1. The number of amides is 2. The van der Waals surface area contributed by atoms with Crippen LogP contribution in [0.15, 0.2) is 11.6 Å². The summed E-state index contributed by atoms with van der Waals surface area (Å²) < 4.78 is 0. The Morgan fingerprint density at radius 3 is 2.54 bits per heavy atom. The van der Waals surface area contributed by atoms with Crippen molar-refractivity contribution in [2.45, 2.75) is 26.7 Å². The first-order valence-electron chi connectivity index (χ1n) is 4.33. The second kappa shape index (κ2) is 6.22. The summed E-state index contributed by atoms with van der Waals surface area (Å²) in [4.78, 5) is 21.6. The lowest BCUT2D eigenvalue weighted by atomic mass is 10.2. The molecule has 0 bridgehead atoms. The van der Waals surface area contributed by atoms with Gasteiger partial charge in [0.15, 0.2) is 0 Å². The number of primary amides is 1. The Labute approximate surface area is 78.2 Å². The summed E-state index contributed by atoms with van der Waals surface area (Å²) in [6, 6.07) is 0. The van der Waals surface area contributed by atoms with Crippen molar-refractivity contribution in [2.24, 2.45) is 5.73 Å². The number of nitrogens with one attached hydrogen (secondary N) is 1. The Hall–Kier alpha value is -1.32. The topological polar surface area (TPSA) is 72.2 Å². The first-order chi connectivity index (χ1) is 6.07. The molecule has 0 aliphatic carbocycles. The van der Waals surface area contributed by atoms with Crippen LogP contribution in [-0.2, 0) is 9.59 Å². The molecule has 4 heteroatoms. The number of carbonyl (C=O) groups is 2. The molecular formula is C9H16N2O2. The van der Waals surface area contributed by atoms with Crippen molar-refractivity contribution in [3.05, 3.63) is 11.6 Å². The fourth-order valence-electron chi connectivity index (χ4n) is 0.797. The molecule has 0 saturated carbocycles. The lowest BCUT2D eigenvalue weighted by Crippen LogP contribution is -2.25. The monoisotopic (exact) mass is 184 g/mol. The molecular weight excluding hydrogens is 168 g/mol. The van der Waals surface area contributed by atoms with Crippen LogP contribution in [0.5, 0.6) is 0 Å². The zero-order valence-electron chi connectivity index (χ0n) is 8.09. The van der Waals surface area contributed by atoms with Gasteiger partial charge in [0.1, 0.15) is 0 Å². The SMILES string of the molecule is CCCCNC(=O)/C(C)=C\C(N)=O. The Bertz CT molecular complexity index is 222. The molecule has 0 unspecified atom stereocenters. The van der Waals surface area contributed by atoms with Gasteiger partial charge in [-0.3, -0.25) is 9.59 Å². The largest absolute Gasteiger partial charge is 0.366 e. The van der Waals surface area contributed by atoms with Crippen LogP contribution in [0.1, 0.15) is 26.7 Å². The fourth-order valence-corrected chi connectivity index (χ4v) is 0.797. The van der Waals surface area contributed by atoms with Crippen LogP contribution in [0.3, 0.4) is 0 Å². The zero-order valence-corrected chi connectivity index (χ0v) is 8.09. The zero-order chi connectivity index (χ0) is 10.3. The van der Waals surface area contributed by atoms with E-state index in [0.717, 1.165) is 18.9 Å². The van der Waals surface area contributed by atoms with Crippen LogP contribution >= 0.6 is 0 Å². The summed E-state index contributed by atoms with van der Waals surface area (Å²) in [5, 5.41) is 2.67. The second-order valence-electron chi connectivity index (χ2n) is 2.84. The summed E-state index contributed by atoms with van der Waals surface area (Å²) in [5.41, 5.74) is 5.24. The van der Waals surface area contributed by atoms with Gasteiger partial charge >= 0.3 is 0 Å². The molecule has 4 nitrogen and oxygen atoms in total. The highest BCUT2D eigenvalue weighted by atomic mass is 16.2. The molecule has 13 heavy (non-hydrogen) atoms. The number of nitrogens with two attached hydrogens (primary N) is 1. The van der Waals surface area contributed by atoms with Gasteiger partial charge in [-0.2, -0.15) is 0 Å². The van der Waals surface area contributed by atoms with Crippen molar-refractivity contribution in [2.75, 3.05) is 6.54 Å². The number of hydrogen-bond donors (Lipinski definition) is 2. The van der Waals surface area contributed by atoms with E-state index in [1.807, 2.05) is 6.92 Å². The van der Waals surface area contributed by atoms with E-state index in [9.17, 15) is 9.59 Å². The molecule has 2 amide bonds. The van der Waals surface area contributed by atoms with E-state index >= 15 is 0 Å². The molecule has 0 spiro atoms. The maximum Gasteiger partial charge on any atom is 0.247 e. The molecule has 0 aliphatic rings. The number of rotatable bonds is 5. The molecule has 0 aromatic carbocycles. The molecule has 0 aromatic heterocycles. The van der Waals surface area contributed by atoms with Crippen LogP contribution in [0, 0.1) is 0 Å². The Morgan fingerprint density at radius 2 is 2.08 bits per heavy atom. The third-order valence-corrected chi connectivity index (χ3v) is 1.53. The van der Waals surface area contributed by atoms with Gasteiger partial charge in [-0.05, 0) is 13.3 Å². The third kappa shape index (κ3) is 5.90. The highest BCUT2D eigenvalue weighted by molar-refractivity contribution is 5.99. The summed E-state index contributed by atoms with van der Waals surface area (Å²) in [7, 11) is 0. The molecule has 0 heterocycles. The van der Waals surface area contributed by atoms with Gasteiger partial charge in [0, 0.05) is 18.2 Å². The highest BCUT2D eigenvalue weighted by Gasteiger charge is 2.03. The molecule has 0 aliphatic heterocycles. The predicted molar refractivity (Wildman–Crippen MR) is 50.9 cm³/mol. The van der Waals surface area contributed by atoms with Gasteiger partial charge < -0.3 is 11.1 Å². The smallest absolute Gasteiger partial charge is 0.247 e. The van der Waals surface area contributed by atoms with Gasteiger partial charge in [0.05, 0.1) is 0 Å². The van der Waals surface area contributed by atoms with Gasteiger partial charge in [-0.15, -0.1) is 0 Å². The van der Waals surface area contributed by atoms with Crippen molar-refractivity contribution in [1.29, 1.82) is 0 Å². The first kappa shape index (κ1) is 11.7.